The SMILES string of the molecule is CCN(Cc1ccc(N(C)C)cc1)C(=O)CCc1c(C)nn(C)c1C. The monoisotopic (exact) mass is 342 g/mol. The van der Waals surface area contributed by atoms with E-state index in [4.69, 9.17) is 0 Å². The summed E-state index contributed by atoms with van der Waals surface area (Å²) in [5.74, 6) is 0.196. The first kappa shape index (κ1) is 19.0. The zero-order chi connectivity index (χ0) is 18.6. The van der Waals surface area contributed by atoms with Gasteiger partial charge in [0, 0.05) is 52.0 Å². The third-order valence-electron chi connectivity index (χ3n) is 4.81. The molecule has 0 fully saturated rings. The lowest BCUT2D eigenvalue weighted by Crippen LogP contribution is -2.30. The predicted octanol–water partition coefficient (Wildman–Crippen LogP) is 3.08. The molecule has 2 aromatic rings. The van der Waals surface area contributed by atoms with Crippen molar-refractivity contribution in [3.63, 3.8) is 0 Å². The number of amides is 1. The molecule has 0 aliphatic carbocycles. The molecule has 1 heterocycles. The lowest BCUT2D eigenvalue weighted by Gasteiger charge is -2.22. The molecule has 136 valence electrons. The molecular weight excluding hydrogens is 312 g/mol. The minimum Gasteiger partial charge on any atom is -0.378 e. The minimum atomic E-state index is 0.196. The van der Waals surface area contributed by atoms with E-state index < -0.39 is 0 Å². The van der Waals surface area contributed by atoms with Crippen LogP contribution in [0, 0.1) is 13.8 Å². The van der Waals surface area contributed by atoms with Gasteiger partial charge in [0.2, 0.25) is 5.91 Å². The normalized spacial score (nSPS) is 10.8. The summed E-state index contributed by atoms with van der Waals surface area (Å²) in [6.07, 6.45) is 1.28. The van der Waals surface area contributed by atoms with Gasteiger partial charge in [0.15, 0.2) is 0 Å². The van der Waals surface area contributed by atoms with Crippen molar-refractivity contribution in [1.82, 2.24) is 14.7 Å². The highest BCUT2D eigenvalue weighted by Gasteiger charge is 2.15. The number of rotatable bonds is 7. The first-order chi connectivity index (χ1) is 11.8. The van der Waals surface area contributed by atoms with Crippen LogP contribution in [-0.4, -0.2) is 41.2 Å². The van der Waals surface area contributed by atoms with E-state index >= 15 is 0 Å². The second kappa shape index (κ2) is 8.19. The van der Waals surface area contributed by atoms with Crippen LogP contribution < -0.4 is 4.90 Å². The summed E-state index contributed by atoms with van der Waals surface area (Å²) in [5, 5.41) is 4.43. The van der Waals surface area contributed by atoms with E-state index in [1.165, 1.54) is 11.3 Å². The number of benzene rings is 1. The molecule has 1 aromatic heterocycles. The third-order valence-corrected chi connectivity index (χ3v) is 4.81. The van der Waals surface area contributed by atoms with Crippen LogP contribution in [0.25, 0.3) is 0 Å². The molecule has 0 aliphatic rings. The van der Waals surface area contributed by atoms with E-state index in [9.17, 15) is 4.79 Å². The molecule has 0 N–H and O–H groups in total. The molecule has 25 heavy (non-hydrogen) atoms. The summed E-state index contributed by atoms with van der Waals surface area (Å²) in [7, 11) is 6.00. The van der Waals surface area contributed by atoms with Gasteiger partial charge in [-0.2, -0.15) is 5.10 Å². The van der Waals surface area contributed by atoms with Gasteiger partial charge in [-0.1, -0.05) is 12.1 Å². The highest BCUT2D eigenvalue weighted by Crippen LogP contribution is 2.17. The molecule has 0 saturated heterocycles. The highest BCUT2D eigenvalue weighted by atomic mass is 16.2. The van der Waals surface area contributed by atoms with Gasteiger partial charge >= 0.3 is 0 Å². The van der Waals surface area contributed by atoms with E-state index in [2.05, 4.69) is 41.2 Å². The van der Waals surface area contributed by atoms with Gasteiger partial charge in [0.1, 0.15) is 0 Å². The molecule has 0 bridgehead atoms. The molecule has 1 aromatic carbocycles. The fraction of sp³-hybridized carbons (Fsp3) is 0.500. The molecule has 0 aliphatic heterocycles. The Morgan fingerprint density at radius 2 is 1.80 bits per heavy atom. The number of aryl methyl sites for hydroxylation is 2. The van der Waals surface area contributed by atoms with Gasteiger partial charge in [-0.3, -0.25) is 9.48 Å². The Hall–Kier alpha value is -2.30. The van der Waals surface area contributed by atoms with Crippen molar-refractivity contribution in [2.75, 3.05) is 25.5 Å². The van der Waals surface area contributed by atoms with Crippen LogP contribution in [0.3, 0.4) is 0 Å². The summed E-state index contributed by atoms with van der Waals surface area (Å²) >= 11 is 0. The topological polar surface area (TPSA) is 41.4 Å². The summed E-state index contributed by atoms with van der Waals surface area (Å²) in [6.45, 7) is 7.49. The van der Waals surface area contributed by atoms with Gasteiger partial charge in [-0.25, -0.2) is 0 Å². The quantitative estimate of drug-likeness (QED) is 0.776. The Labute approximate surface area is 151 Å². The number of carbonyl (C=O) groups is 1. The predicted molar refractivity (Wildman–Crippen MR) is 103 cm³/mol. The van der Waals surface area contributed by atoms with Crippen LogP contribution in [0.5, 0.6) is 0 Å². The summed E-state index contributed by atoms with van der Waals surface area (Å²) in [5.41, 5.74) is 5.69. The average molecular weight is 342 g/mol. The first-order valence-corrected chi connectivity index (χ1v) is 8.86. The number of hydrogen-bond donors (Lipinski definition) is 0. The van der Waals surface area contributed by atoms with E-state index in [1.54, 1.807) is 0 Å². The fourth-order valence-corrected chi connectivity index (χ4v) is 3.07. The molecule has 0 unspecified atom stereocenters. The van der Waals surface area contributed by atoms with Crippen LogP contribution >= 0.6 is 0 Å². The maximum atomic E-state index is 12.6. The minimum absolute atomic E-state index is 0.196. The standard InChI is InChI=1S/C20H30N4O/c1-7-24(14-17-8-10-18(11-9-17)22(4)5)20(25)13-12-19-15(2)21-23(6)16(19)3/h8-11H,7,12-14H2,1-6H3. The summed E-state index contributed by atoms with van der Waals surface area (Å²) in [4.78, 5) is 16.6. The van der Waals surface area contributed by atoms with Crippen molar-refractivity contribution in [3.8, 4) is 0 Å². The van der Waals surface area contributed by atoms with Gasteiger partial charge in [-0.15, -0.1) is 0 Å². The number of nitrogens with zero attached hydrogens (tertiary/aromatic N) is 4. The van der Waals surface area contributed by atoms with Crippen LogP contribution in [-0.2, 0) is 24.8 Å². The highest BCUT2D eigenvalue weighted by molar-refractivity contribution is 5.76. The van der Waals surface area contributed by atoms with Gasteiger partial charge in [0.25, 0.3) is 0 Å². The second-order valence-corrected chi connectivity index (χ2v) is 6.74. The zero-order valence-electron chi connectivity index (χ0n) is 16.3. The number of aromatic nitrogens is 2. The lowest BCUT2D eigenvalue weighted by molar-refractivity contribution is -0.131. The van der Waals surface area contributed by atoms with E-state index in [1.807, 2.05) is 44.6 Å². The fourth-order valence-electron chi connectivity index (χ4n) is 3.07. The summed E-state index contributed by atoms with van der Waals surface area (Å²) < 4.78 is 1.89. The summed E-state index contributed by atoms with van der Waals surface area (Å²) in [6, 6.07) is 8.38. The van der Waals surface area contributed by atoms with Crippen molar-refractivity contribution in [2.45, 2.75) is 40.2 Å². The molecule has 0 radical (unpaired) electrons. The molecule has 1 amide bonds. The maximum Gasteiger partial charge on any atom is 0.223 e. The van der Waals surface area contributed by atoms with Crippen molar-refractivity contribution in [2.24, 2.45) is 7.05 Å². The van der Waals surface area contributed by atoms with Gasteiger partial charge < -0.3 is 9.80 Å². The van der Waals surface area contributed by atoms with Crippen LogP contribution in [0.4, 0.5) is 5.69 Å². The number of hydrogen-bond acceptors (Lipinski definition) is 3. The van der Waals surface area contributed by atoms with E-state index in [-0.39, 0.29) is 5.91 Å². The Bertz CT molecular complexity index is 716. The third kappa shape index (κ3) is 4.62. The van der Waals surface area contributed by atoms with Crippen molar-refractivity contribution in [1.29, 1.82) is 0 Å². The lowest BCUT2D eigenvalue weighted by atomic mass is 10.1. The Kier molecular flexibility index (Phi) is 6.23. The van der Waals surface area contributed by atoms with Crippen molar-refractivity contribution in [3.05, 3.63) is 46.8 Å². The molecule has 5 nitrogen and oxygen atoms in total. The van der Waals surface area contributed by atoms with Crippen LogP contribution in [0.2, 0.25) is 0 Å². The Balaban J connectivity index is 1.98. The Morgan fingerprint density at radius 1 is 1.16 bits per heavy atom. The first-order valence-electron chi connectivity index (χ1n) is 8.86. The number of anilines is 1. The van der Waals surface area contributed by atoms with Gasteiger partial charge in [-0.05, 0) is 50.5 Å². The second-order valence-electron chi connectivity index (χ2n) is 6.74. The van der Waals surface area contributed by atoms with Crippen molar-refractivity contribution < 1.29 is 4.79 Å². The van der Waals surface area contributed by atoms with Crippen molar-refractivity contribution >= 4 is 11.6 Å². The molecule has 0 spiro atoms. The molecule has 0 saturated carbocycles. The molecule has 0 atom stereocenters. The van der Waals surface area contributed by atoms with Crippen LogP contribution in [0.1, 0.15) is 35.9 Å². The Morgan fingerprint density at radius 3 is 2.28 bits per heavy atom. The molecule has 5 heteroatoms. The average Bonchev–Trinajstić information content (AvgIpc) is 2.83. The van der Waals surface area contributed by atoms with E-state index in [0.717, 1.165) is 29.9 Å². The van der Waals surface area contributed by atoms with E-state index in [0.29, 0.717) is 13.0 Å². The number of carbonyl (C=O) groups excluding carboxylic acids is 1. The maximum absolute atomic E-state index is 12.6. The molecular formula is C20H30N4O. The molecule has 2 rings (SSSR count). The zero-order valence-corrected chi connectivity index (χ0v) is 16.3. The largest absolute Gasteiger partial charge is 0.378 e. The van der Waals surface area contributed by atoms with Crippen LogP contribution in [0.15, 0.2) is 24.3 Å². The van der Waals surface area contributed by atoms with Gasteiger partial charge in [0.05, 0.1) is 5.69 Å². The smallest absolute Gasteiger partial charge is 0.223 e.